The SMILES string of the molecule is Fc1cccc(NCCc2ccc(-n3cccn3)cc2)n1. The molecule has 3 rings (SSSR count). The molecule has 0 aliphatic heterocycles. The van der Waals surface area contributed by atoms with Gasteiger partial charge in [0, 0.05) is 18.9 Å². The highest BCUT2D eigenvalue weighted by molar-refractivity contribution is 5.36. The summed E-state index contributed by atoms with van der Waals surface area (Å²) in [6.07, 6.45) is 4.51. The van der Waals surface area contributed by atoms with Gasteiger partial charge in [0.25, 0.3) is 0 Å². The normalized spacial score (nSPS) is 10.5. The third-order valence-electron chi connectivity index (χ3n) is 3.14. The minimum atomic E-state index is -0.469. The van der Waals surface area contributed by atoms with Gasteiger partial charge in [-0.2, -0.15) is 9.49 Å². The van der Waals surface area contributed by atoms with Crippen molar-refractivity contribution in [1.29, 1.82) is 0 Å². The fourth-order valence-corrected chi connectivity index (χ4v) is 2.08. The van der Waals surface area contributed by atoms with E-state index in [4.69, 9.17) is 0 Å². The molecule has 0 saturated carbocycles. The number of hydrogen-bond donors (Lipinski definition) is 1. The van der Waals surface area contributed by atoms with Crippen LogP contribution in [0.2, 0.25) is 0 Å². The van der Waals surface area contributed by atoms with Crippen molar-refractivity contribution in [3.63, 3.8) is 0 Å². The molecule has 106 valence electrons. The Kier molecular flexibility index (Phi) is 3.91. The monoisotopic (exact) mass is 282 g/mol. The van der Waals surface area contributed by atoms with Gasteiger partial charge in [0.15, 0.2) is 0 Å². The first-order valence-electron chi connectivity index (χ1n) is 6.77. The zero-order valence-electron chi connectivity index (χ0n) is 11.4. The first-order chi connectivity index (χ1) is 10.3. The average molecular weight is 282 g/mol. The number of nitrogens with zero attached hydrogens (tertiary/aromatic N) is 3. The van der Waals surface area contributed by atoms with Crippen LogP contribution in [0.1, 0.15) is 5.56 Å². The lowest BCUT2D eigenvalue weighted by Gasteiger charge is -2.07. The van der Waals surface area contributed by atoms with Crippen LogP contribution in [0.15, 0.2) is 60.9 Å². The van der Waals surface area contributed by atoms with Gasteiger partial charge in [-0.1, -0.05) is 18.2 Å². The van der Waals surface area contributed by atoms with E-state index in [2.05, 4.69) is 27.5 Å². The fraction of sp³-hybridized carbons (Fsp3) is 0.125. The van der Waals surface area contributed by atoms with Gasteiger partial charge >= 0.3 is 0 Å². The van der Waals surface area contributed by atoms with Crippen molar-refractivity contribution >= 4 is 5.82 Å². The molecule has 0 atom stereocenters. The van der Waals surface area contributed by atoms with Crippen LogP contribution in [0, 0.1) is 5.95 Å². The van der Waals surface area contributed by atoms with Crippen molar-refractivity contribution < 1.29 is 4.39 Å². The van der Waals surface area contributed by atoms with Crippen LogP contribution in [-0.4, -0.2) is 21.3 Å². The summed E-state index contributed by atoms with van der Waals surface area (Å²) in [5.74, 6) is 0.0896. The highest BCUT2D eigenvalue weighted by atomic mass is 19.1. The predicted molar refractivity (Wildman–Crippen MR) is 80.0 cm³/mol. The molecule has 0 aliphatic rings. The number of rotatable bonds is 5. The van der Waals surface area contributed by atoms with Gasteiger partial charge in [0.05, 0.1) is 5.69 Å². The molecule has 0 aliphatic carbocycles. The Hall–Kier alpha value is -2.69. The van der Waals surface area contributed by atoms with Crippen LogP contribution in [0.5, 0.6) is 0 Å². The molecule has 2 aromatic heterocycles. The van der Waals surface area contributed by atoms with Crippen LogP contribution >= 0.6 is 0 Å². The highest BCUT2D eigenvalue weighted by Gasteiger charge is 1.99. The second-order valence-corrected chi connectivity index (χ2v) is 4.64. The van der Waals surface area contributed by atoms with E-state index in [9.17, 15) is 4.39 Å². The van der Waals surface area contributed by atoms with Gasteiger partial charge in [-0.15, -0.1) is 0 Å². The maximum atomic E-state index is 12.9. The predicted octanol–water partition coefficient (Wildman–Crippen LogP) is 3.06. The Bertz CT molecular complexity index is 693. The molecule has 2 heterocycles. The summed E-state index contributed by atoms with van der Waals surface area (Å²) >= 11 is 0. The summed E-state index contributed by atoms with van der Waals surface area (Å²) in [6.45, 7) is 0.706. The molecule has 1 N–H and O–H groups in total. The number of anilines is 1. The maximum Gasteiger partial charge on any atom is 0.214 e. The van der Waals surface area contributed by atoms with E-state index in [0.717, 1.165) is 12.1 Å². The first kappa shape index (κ1) is 13.3. The first-order valence-corrected chi connectivity index (χ1v) is 6.77. The maximum absolute atomic E-state index is 12.9. The molecular formula is C16H15FN4. The van der Waals surface area contributed by atoms with Gasteiger partial charge < -0.3 is 5.32 Å². The topological polar surface area (TPSA) is 42.7 Å². The quantitative estimate of drug-likeness (QED) is 0.731. The van der Waals surface area contributed by atoms with Crippen molar-refractivity contribution in [2.45, 2.75) is 6.42 Å². The largest absolute Gasteiger partial charge is 0.370 e. The number of aromatic nitrogens is 3. The lowest BCUT2D eigenvalue weighted by atomic mass is 10.1. The fourth-order valence-electron chi connectivity index (χ4n) is 2.08. The van der Waals surface area contributed by atoms with E-state index < -0.39 is 5.95 Å². The molecule has 1 aromatic carbocycles. The van der Waals surface area contributed by atoms with Gasteiger partial charge in [-0.25, -0.2) is 9.67 Å². The van der Waals surface area contributed by atoms with Crippen LogP contribution in [-0.2, 0) is 6.42 Å². The Balaban J connectivity index is 1.56. The molecule has 5 heteroatoms. The minimum Gasteiger partial charge on any atom is -0.370 e. The Morgan fingerprint density at radius 3 is 2.62 bits per heavy atom. The summed E-state index contributed by atoms with van der Waals surface area (Å²) in [4.78, 5) is 3.76. The number of nitrogens with one attached hydrogen (secondary N) is 1. The zero-order valence-corrected chi connectivity index (χ0v) is 11.4. The molecule has 0 amide bonds. The molecule has 0 unspecified atom stereocenters. The zero-order chi connectivity index (χ0) is 14.5. The highest BCUT2D eigenvalue weighted by Crippen LogP contribution is 2.10. The summed E-state index contributed by atoms with van der Waals surface area (Å²) in [5.41, 5.74) is 2.23. The standard InChI is InChI=1S/C16H15FN4/c17-15-3-1-4-16(20-15)18-11-9-13-5-7-14(8-6-13)21-12-2-10-19-21/h1-8,10,12H,9,11H2,(H,18,20). The van der Waals surface area contributed by atoms with Crippen LogP contribution < -0.4 is 5.32 Å². The summed E-state index contributed by atoms with van der Waals surface area (Å²) in [5, 5.41) is 7.29. The molecule has 0 spiro atoms. The third-order valence-corrected chi connectivity index (χ3v) is 3.14. The number of pyridine rings is 1. The van der Waals surface area contributed by atoms with Crippen molar-refractivity contribution in [3.8, 4) is 5.69 Å². The van der Waals surface area contributed by atoms with E-state index in [1.165, 1.54) is 11.6 Å². The van der Waals surface area contributed by atoms with Crippen LogP contribution in [0.25, 0.3) is 5.69 Å². The summed E-state index contributed by atoms with van der Waals surface area (Å²) < 4.78 is 14.8. The second-order valence-electron chi connectivity index (χ2n) is 4.64. The molecular weight excluding hydrogens is 267 g/mol. The summed E-state index contributed by atoms with van der Waals surface area (Å²) in [7, 11) is 0. The third kappa shape index (κ3) is 3.45. The molecule has 0 radical (unpaired) electrons. The molecule has 4 nitrogen and oxygen atoms in total. The van der Waals surface area contributed by atoms with Crippen molar-refractivity contribution in [1.82, 2.24) is 14.8 Å². The molecule has 21 heavy (non-hydrogen) atoms. The Morgan fingerprint density at radius 1 is 1.05 bits per heavy atom. The lowest BCUT2D eigenvalue weighted by molar-refractivity contribution is 0.585. The van der Waals surface area contributed by atoms with E-state index >= 15 is 0 Å². The smallest absolute Gasteiger partial charge is 0.214 e. The molecule has 0 fully saturated rings. The Labute approximate surface area is 122 Å². The average Bonchev–Trinajstić information content (AvgIpc) is 3.02. The molecule has 0 bridgehead atoms. The van der Waals surface area contributed by atoms with Crippen molar-refractivity contribution in [2.24, 2.45) is 0 Å². The van der Waals surface area contributed by atoms with Gasteiger partial charge in [0.1, 0.15) is 5.82 Å². The van der Waals surface area contributed by atoms with Crippen LogP contribution in [0.4, 0.5) is 10.2 Å². The minimum absolute atomic E-state index is 0.469. The van der Waals surface area contributed by atoms with Gasteiger partial charge in [0.2, 0.25) is 5.95 Å². The molecule has 3 aromatic rings. The number of hydrogen-bond acceptors (Lipinski definition) is 3. The van der Waals surface area contributed by atoms with E-state index in [1.807, 2.05) is 29.1 Å². The number of halogens is 1. The van der Waals surface area contributed by atoms with Gasteiger partial charge in [-0.3, -0.25) is 0 Å². The number of benzene rings is 1. The molecule has 0 saturated heterocycles. The van der Waals surface area contributed by atoms with Crippen molar-refractivity contribution in [3.05, 3.63) is 72.4 Å². The van der Waals surface area contributed by atoms with Gasteiger partial charge in [-0.05, 0) is 42.3 Å². The summed E-state index contributed by atoms with van der Waals surface area (Å²) in [6, 6.07) is 14.8. The second kappa shape index (κ2) is 6.17. The van der Waals surface area contributed by atoms with E-state index in [-0.39, 0.29) is 0 Å². The van der Waals surface area contributed by atoms with E-state index in [0.29, 0.717) is 12.4 Å². The van der Waals surface area contributed by atoms with Crippen molar-refractivity contribution in [2.75, 3.05) is 11.9 Å². The lowest BCUT2D eigenvalue weighted by Crippen LogP contribution is -2.06. The van der Waals surface area contributed by atoms with Crippen LogP contribution in [0.3, 0.4) is 0 Å². The van der Waals surface area contributed by atoms with E-state index in [1.54, 1.807) is 18.3 Å². The Morgan fingerprint density at radius 2 is 1.90 bits per heavy atom.